The van der Waals surface area contributed by atoms with E-state index in [9.17, 15) is 13.6 Å². The number of hydrogen-bond acceptors (Lipinski definition) is 3. The molecule has 1 aromatic carbocycles. The van der Waals surface area contributed by atoms with Gasteiger partial charge in [-0.25, -0.2) is 8.78 Å². The van der Waals surface area contributed by atoms with Gasteiger partial charge < -0.3 is 19.5 Å². The van der Waals surface area contributed by atoms with Crippen molar-refractivity contribution in [1.82, 2.24) is 9.88 Å². The molecule has 7 heteroatoms. The van der Waals surface area contributed by atoms with Crippen LogP contribution in [0.1, 0.15) is 40.7 Å². The predicted molar refractivity (Wildman–Crippen MR) is 105 cm³/mol. The Morgan fingerprint density at radius 1 is 1.18 bits per heavy atom. The molecular weight excluding hydrogens is 364 g/mol. The molecule has 0 saturated carbocycles. The number of amides is 1. The van der Waals surface area contributed by atoms with Crippen LogP contribution in [0.2, 0.25) is 0 Å². The number of halogens is 2. The monoisotopic (exact) mass is 391 g/mol. The molecule has 0 aliphatic carbocycles. The Balaban J connectivity index is 2.09. The molecule has 1 N–H and O–H groups in total. The molecule has 0 atom stereocenters. The van der Waals surface area contributed by atoms with Gasteiger partial charge in [-0.3, -0.25) is 4.79 Å². The van der Waals surface area contributed by atoms with Gasteiger partial charge in [-0.05, 0) is 32.4 Å². The van der Waals surface area contributed by atoms with Crippen molar-refractivity contribution in [3.8, 4) is 0 Å². The van der Waals surface area contributed by atoms with Crippen LogP contribution >= 0.6 is 0 Å². The van der Waals surface area contributed by atoms with E-state index in [4.69, 9.17) is 4.74 Å². The molecular formula is C21H27F2N3O2. The SMILES string of the molecule is CCCNC(=O)c1c(C)c(N2CCOCC2)c(C)n1Cc1c(F)cccc1F. The summed E-state index contributed by atoms with van der Waals surface area (Å²) in [5.41, 5.74) is 3.00. The van der Waals surface area contributed by atoms with Gasteiger partial charge in [-0.1, -0.05) is 13.0 Å². The quantitative estimate of drug-likeness (QED) is 0.821. The van der Waals surface area contributed by atoms with Gasteiger partial charge in [-0.15, -0.1) is 0 Å². The summed E-state index contributed by atoms with van der Waals surface area (Å²) in [5, 5.41) is 2.90. The number of carbonyl (C=O) groups is 1. The van der Waals surface area contributed by atoms with Crippen molar-refractivity contribution in [3.63, 3.8) is 0 Å². The van der Waals surface area contributed by atoms with Crippen molar-refractivity contribution in [2.45, 2.75) is 33.7 Å². The highest BCUT2D eigenvalue weighted by Gasteiger charge is 2.27. The van der Waals surface area contributed by atoms with Crippen LogP contribution in [0.15, 0.2) is 18.2 Å². The molecule has 5 nitrogen and oxygen atoms in total. The zero-order valence-electron chi connectivity index (χ0n) is 16.6. The molecule has 1 aliphatic rings. The topological polar surface area (TPSA) is 46.5 Å². The second-order valence-electron chi connectivity index (χ2n) is 7.05. The van der Waals surface area contributed by atoms with Crippen molar-refractivity contribution >= 4 is 11.6 Å². The molecule has 0 unspecified atom stereocenters. The van der Waals surface area contributed by atoms with Crippen molar-refractivity contribution in [1.29, 1.82) is 0 Å². The van der Waals surface area contributed by atoms with Gasteiger partial charge in [0, 0.05) is 36.5 Å². The number of carbonyl (C=O) groups excluding carboxylic acids is 1. The number of rotatable bonds is 6. The van der Waals surface area contributed by atoms with E-state index < -0.39 is 11.6 Å². The molecule has 2 aromatic rings. The van der Waals surface area contributed by atoms with Crippen LogP contribution in [0, 0.1) is 25.5 Å². The van der Waals surface area contributed by atoms with E-state index in [2.05, 4.69) is 10.2 Å². The highest BCUT2D eigenvalue weighted by Crippen LogP contribution is 2.32. The first-order valence-corrected chi connectivity index (χ1v) is 9.69. The zero-order chi connectivity index (χ0) is 20.3. The maximum atomic E-state index is 14.3. The fourth-order valence-corrected chi connectivity index (χ4v) is 3.79. The summed E-state index contributed by atoms with van der Waals surface area (Å²) in [6.07, 6.45) is 0.808. The number of nitrogens with zero attached hydrogens (tertiary/aromatic N) is 2. The molecule has 28 heavy (non-hydrogen) atoms. The zero-order valence-corrected chi connectivity index (χ0v) is 16.6. The lowest BCUT2D eigenvalue weighted by Crippen LogP contribution is -2.36. The van der Waals surface area contributed by atoms with Crippen molar-refractivity contribution < 1.29 is 18.3 Å². The first-order chi connectivity index (χ1) is 13.5. The number of anilines is 1. The van der Waals surface area contributed by atoms with Crippen LogP contribution in [-0.2, 0) is 11.3 Å². The van der Waals surface area contributed by atoms with Crippen molar-refractivity contribution in [2.24, 2.45) is 0 Å². The molecule has 1 aromatic heterocycles. The number of morpholine rings is 1. The van der Waals surface area contributed by atoms with Crippen LogP contribution in [0.5, 0.6) is 0 Å². The Labute approximate surface area is 164 Å². The molecule has 0 radical (unpaired) electrons. The first-order valence-electron chi connectivity index (χ1n) is 9.69. The number of hydrogen-bond donors (Lipinski definition) is 1. The fraction of sp³-hybridized carbons (Fsp3) is 0.476. The van der Waals surface area contributed by atoms with E-state index in [0.29, 0.717) is 25.5 Å². The van der Waals surface area contributed by atoms with Crippen molar-refractivity contribution in [3.05, 3.63) is 52.3 Å². The van der Waals surface area contributed by atoms with Crippen LogP contribution in [0.25, 0.3) is 0 Å². The Morgan fingerprint density at radius 2 is 1.82 bits per heavy atom. The molecule has 152 valence electrons. The highest BCUT2D eigenvalue weighted by atomic mass is 19.1. The Kier molecular flexibility index (Phi) is 6.34. The van der Waals surface area contributed by atoms with E-state index in [1.165, 1.54) is 18.2 Å². The van der Waals surface area contributed by atoms with E-state index in [0.717, 1.165) is 36.5 Å². The smallest absolute Gasteiger partial charge is 0.268 e. The van der Waals surface area contributed by atoms with Gasteiger partial charge in [0.05, 0.1) is 25.4 Å². The van der Waals surface area contributed by atoms with E-state index in [-0.39, 0.29) is 18.0 Å². The molecule has 1 amide bonds. The number of ether oxygens (including phenoxy) is 1. The average Bonchev–Trinajstić information content (AvgIpc) is 2.93. The molecule has 1 saturated heterocycles. The lowest BCUT2D eigenvalue weighted by Gasteiger charge is -2.29. The molecule has 1 fully saturated rings. The number of aromatic nitrogens is 1. The van der Waals surface area contributed by atoms with E-state index >= 15 is 0 Å². The second kappa shape index (κ2) is 8.73. The van der Waals surface area contributed by atoms with Crippen molar-refractivity contribution in [2.75, 3.05) is 37.7 Å². The van der Waals surface area contributed by atoms with Crippen LogP contribution in [0.3, 0.4) is 0 Å². The summed E-state index contributed by atoms with van der Waals surface area (Å²) >= 11 is 0. The number of benzene rings is 1. The van der Waals surface area contributed by atoms with Crippen LogP contribution < -0.4 is 10.2 Å². The second-order valence-corrected chi connectivity index (χ2v) is 7.05. The summed E-state index contributed by atoms with van der Waals surface area (Å²) in [6.45, 7) is 8.94. The minimum atomic E-state index is -0.612. The number of nitrogens with one attached hydrogen (secondary N) is 1. The molecule has 0 bridgehead atoms. The summed E-state index contributed by atoms with van der Waals surface area (Å²) in [7, 11) is 0. The van der Waals surface area contributed by atoms with Gasteiger partial charge in [0.2, 0.25) is 0 Å². The minimum Gasteiger partial charge on any atom is -0.378 e. The molecule has 2 heterocycles. The highest BCUT2D eigenvalue weighted by molar-refractivity contribution is 5.96. The maximum absolute atomic E-state index is 14.3. The first kappa shape index (κ1) is 20.3. The van der Waals surface area contributed by atoms with Crippen LogP contribution in [0.4, 0.5) is 14.5 Å². The van der Waals surface area contributed by atoms with Gasteiger partial charge >= 0.3 is 0 Å². The lowest BCUT2D eigenvalue weighted by molar-refractivity contribution is 0.0943. The van der Waals surface area contributed by atoms with Crippen LogP contribution in [-0.4, -0.2) is 43.3 Å². The lowest BCUT2D eigenvalue weighted by atomic mass is 10.1. The largest absolute Gasteiger partial charge is 0.378 e. The summed E-state index contributed by atoms with van der Waals surface area (Å²) in [5.74, 6) is -1.45. The third-order valence-electron chi connectivity index (χ3n) is 5.18. The maximum Gasteiger partial charge on any atom is 0.268 e. The minimum absolute atomic E-state index is 0.0373. The van der Waals surface area contributed by atoms with Gasteiger partial charge in [0.25, 0.3) is 5.91 Å². The molecule has 3 rings (SSSR count). The Morgan fingerprint density at radius 3 is 2.43 bits per heavy atom. The Bertz CT molecular complexity index is 838. The normalized spacial score (nSPS) is 14.4. The fourth-order valence-electron chi connectivity index (χ4n) is 3.79. The summed E-state index contributed by atoms with van der Waals surface area (Å²) in [4.78, 5) is 15.1. The summed E-state index contributed by atoms with van der Waals surface area (Å²) in [6, 6.07) is 3.82. The van der Waals surface area contributed by atoms with Gasteiger partial charge in [0.1, 0.15) is 17.3 Å². The van der Waals surface area contributed by atoms with E-state index in [1.807, 2.05) is 20.8 Å². The molecule has 0 spiro atoms. The predicted octanol–water partition coefficient (Wildman–Crippen LogP) is 3.41. The van der Waals surface area contributed by atoms with Gasteiger partial charge in [0.15, 0.2) is 0 Å². The Hall–Kier alpha value is -2.41. The summed E-state index contributed by atoms with van der Waals surface area (Å²) < 4.78 is 35.7. The molecule has 1 aliphatic heterocycles. The average molecular weight is 391 g/mol. The van der Waals surface area contributed by atoms with E-state index in [1.54, 1.807) is 4.57 Å². The standard InChI is InChI=1S/C21H27F2N3O2/c1-4-8-24-21(27)20-14(2)19(25-9-11-28-12-10-25)15(3)26(20)13-16-17(22)6-5-7-18(16)23/h5-7H,4,8-13H2,1-3H3,(H,24,27). The van der Waals surface area contributed by atoms with Gasteiger partial charge in [-0.2, -0.15) is 0 Å². The third-order valence-corrected chi connectivity index (χ3v) is 5.18. The third kappa shape index (κ3) is 3.90.